The molecule has 0 amide bonds. The minimum atomic E-state index is 0.0487. The Morgan fingerprint density at radius 2 is 0.970 bits per heavy atom. The van der Waals surface area contributed by atoms with Crippen LogP contribution in [-0.4, -0.2) is 11.7 Å². The summed E-state index contributed by atoms with van der Waals surface area (Å²) in [7, 11) is 0. The number of para-hydroxylation sites is 1. The number of anilines is 1. The third kappa shape index (κ3) is 4.93. The van der Waals surface area contributed by atoms with Gasteiger partial charge >= 0.3 is 0 Å². The molecule has 0 radical (unpaired) electrons. The first-order valence-electron chi connectivity index (χ1n) is 11.1. The van der Waals surface area contributed by atoms with E-state index in [-0.39, 0.29) is 17.1 Å². The van der Waals surface area contributed by atoms with Crippen molar-refractivity contribution in [2.75, 3.05) is 4.90 Å². The van der Waals surface area contributed by atoms with E-state index < -0.39 is 0 Å². The van der Waals surface area contributed by atoms with E-state index in [0.717, 1.165) is 27.9 Å². The number of amidine groups is 2. The molecular formula is C30H29N3. The number of nitrogens with zero attached hydrogens (tertiary/aromatic N) is 1. The van der Waals surface area contributed by atoms with Gasteiger partial charge in [0.2, 0.25) is 0 Å². The Morgan fingerprint density at radius 1 is 0.545 bits per heavy atom. The van der Waals surface area contributed by atoms with E-state index in [9.17, 15) is 0 Å². The Morgan fingerprint density at radius 3 is 1.45 bits per heavy atom. The zero-order valence-corrected chi connectivity index (χ0v) is 19.3. The smallest absolute Gasteiger partial charge is 0.138 e. The van der Waals surface area contributed by atoms with Crippen LogP contribution in [-0.2, 0) is 5.41 Å². The van der Waals surface area contributed by atoms with Crippen molar-refractivity contribution in [1.29, 1.82) is 10.8 Å². The molecule has 0 spiro atoms. The summed E-state index contributed by atoms with van der Waals surface area (Å²) in [4.78, 5) is 1.70. The van der Waals surface area contributed by atoms with Gasteiger partial charge < -0.3 is 0 Å². The molecule has 4 rings (SSSR count). The van der Waals surface area contributed by atoms with Crippen molar-refractivity contribution in [1.82, 2.24) is 0 Å². The lowest BCUT2D eigenvalue weighted by molar-refractivity contribution is 0.590. The second-order valence-electron chi connectivity index (χ2n) is 9.14. The summed E-state index contributed by atoms with van der Waals surface area (Å²) in [6, 6.07) is 36.0. The summed E-state index contributed by atoms with van der Waals surface area (Å²) in [5.74, 6) is 0.546. The predicted octanol–water partition coefficient (Wildman–Crippen LogP) is 7.51. The Balaban J connectivity index is 1.68. The van der Waals surface area contributed by atoms with Gasteiger partial charge in [0.15, 0.2) is 0 Å². The average molecular weight is 432 g/mol. The topological polar surface area (TPSA) is 50.9 Å². The fraction of sp³-hybridized carbons (Fsp3) is 0.133. The monoisotopic (exact) mass is 431 g/mol. The highest BCUT2D eigenvalue weighted by atomic mass is 15.2. The molecule has 4 aromatic carbocycles. The van der Waals surface area contributed by atoms with Gasteiger partial charge in [0.25, 0.3) is 0 Å². The molecule has 0 aromatic heterocycles. The van der Waals surface area contributed by atoms with Gasteiger partial charge in [-0.3, -0.25) is 15.7 Å². The van der Waals surface area contributed by atoms with Crippen LogP contribution in [0.4, 0.5) is 5.69 Å². The van der Waals surface area contributed by atoms with Gasteiger partial charge in [-0.05, 0) is 34.2 Å². The van der Waals surface area contributed by atoms with Gasteiger partial charge in [-0.25, -0.2) is 0 Å². The summed E-state index contributed by atoms with van der Waals surface area (Å²) in [6.07, 6.45) is 0. The maximum absolute atomic E-state index is 9.01. The van der Waals surface area contributed by atoms with E-state index in [1.807, 2.05) is 84.9 Å². The molecule has 0 aliphatic heterocycles. The van der Waals surface area contributed by atoms with Gasteiger partial charge in [0.05, 0.1) is 0 Å². The zero-order valence-electron chi connectivity index (χ0n) is 19.3. The molecule has 0 aliphatic rings. The lowest BCUT2D eigenvalue weighted by Gasteiger charge is -2.27. The summed E-state index contributed by atoms with van der Waals surface area (Å²) in [5.41, 5.74) is 5.84. The van der Waals surface area contributed by atoms with Crippen LogP contribution in [0.5, 0.6) is 0 Å². The van der Waals surface area contributed by atoms with Crippen LogP contribution >= 0.6 is 0 Å². The van der Waals surface area contributed by atoms with Gasteiger partial charge in [-0.1, -0.05) is 118 Å². The van der Waals surface area contributed by atoms with Crippen molar-refractivity contribution in [3.05, 3.63) is 126 Å². The third-order valence-corrected chi connectivity index (χ3v) is 5.75. The minimum absolute atomic E-state index is 0.0487. The van der Waals surface area contributed by atoms with Crippen LogP contribution in [0.2, 0.25) is 0 Å². The molecule has 33 heavy (non-hydrogen) atoms. The van der Waals surface area contributed by atoms with E-state index in [0.29, 0.717) is 0 Å². The van der Waals surface area contributed by atoms with E-state index in [2.05, 4.69) is 45.0 Å². The fourth-order valence-corrected chi connectivity index (χ4v) is 3.78. The second-order valence-corrected chi connectivity index (χ2v) is 9.14. The van der Waals surface area contributed by atoms with Crippen molar-refractivity contribution in [3.8, 4) is 11.1 Å². The summed E-state index contributed by atoms with van der Waals surface area (Å²) in [5, 5.41) is 18.0. The largest absolute Gasteiger partial charge is 0.284 e. The first kappa shape index (κ1) is 22.2. The van der Waals surface area contributed by atoms with Crippen molar-refractivity contribution >= 4 is 17.4 Å². The van der Waals surface area contributed by atoms with Crippen LogP contribution in [0.3, 0.4) is 0 Å². The Hall–Kier alpha value is -3.98. The summed E-state index contributed by atoms with van der Waals surface area (Å²) in [6.45, 7) is 6.54. The third-order valence-electron chi connectivity index (χ3n) is 5.75. The minimum Gasteiger partial charge on any atom is -0.284 e. The number of hydrogen-bond donors (Lipinski definition) is 2. The molecule has 0 saturated carbocycles. The van der Waals surface area contributed by atoms with Gasteiger partial charge in [0.1, 0.15) is 11.7 Å². The first-order valence-corrected chi connectivity index (χ1v) is 11.1. The lowest BCUT2D eigenvalue weighted by atomic mass is 9.86. The average Bonchev–Trinajstić information content (AvgIpc) is 2.85. The maximum atomic E-state index is 9.01. The number of rotatable bonds is 4. The first-order chi connectivity index (χ1) is 15.8. The molecule has 3 heteroatoms. The predicted molar refractivity (Wildman–Crippen MR) is 140 cm³/mol. The van der Waals surface area contributed by atoms with E-state index in [1.54, 1.807) is 4.90 Å². The molecule has 0 saturated heterocycles. The maximum Gasteiger partial charge on any atom is 0.138 e. The molecule has 0 atom stereocenters. The summed E-state index contributed by atoms with van der Waals surface area (Å²) < 4.78 is 0. The molecule has 0 aliphatic carbocycles. The van der Waals surface area contributed by atoms with Crippen molar-refractivity contribution in [2.24, 2.45) is 0 Å². The molecule has 3 nitrogen and oxygen atoms in total. The Kier molecular flexibility index (Phi) is 6.23. The van der Waals surface area contributed by atoms with Crippen LogP contribution in [0.25, 0.3) is 11.1 Å². The van der Waals surface area contributed by atoms with E-state index in [1.165, 1.54) is 5.56 Å². The number of hydrogen-bond acceptors (Lipinski definition) is 2. The lowest BCUT2D eigenvalue weighted by Crippen LogP contribution is -2.37. The van der Waals surface area contributed by atoms with Gasteiger partial charge in [-0.2, -0.15) is 0 Å². The van der Waals surface area contributed by atoms with Gasteiger partial charge in [0, 0.05) is 16.8 Å². The Labute approximate surface area is 196 Å². The standard InChI is InChI=1S/C30H29N3/c1-30(2,3)26-20-18-25(19-21-26)29(32)33(27-12-8-5-9-13-27)28(31)24-16-14-23(15-17-24)22-10-6-4-7-11-22/h4-21,31-32H,1-3H3. The van der Waals surface area contributed by atoms with Crippen LogP contribution in [0, 0.1) is 10.8 Å². The fourth-order valence-electron chi connectivity index (χ4n) is 3.78. The van der Waals surface area contributed by atoms with Crippen molar-refractivity contribution in [2.45, 2.75) is 26.2 Å². The number of benzene rings is 4. The molecule has 2 N–H and O–H groups in total. The molecule has 164 valence electrons. The van der Waals surface area contributed by atoms with E-state index >= 15 is 0 Å². The molecule has 0 unspecified atom stereocenters. The highest BCUT2D eigenvalue weighted by molar-refractivity contribution is 6.27. The Bertz CT molecular complexity index is 1230. The van der Waals surface area contributed by atoms with E-state index in [4.69, 9.17) is 10.8 Å². The molecule has 0 fully saturated rings. The number of nitrogens with one attached hydrogen (secondary N) is 2. The highest BCUT2D eigenvalue weighted by Gasteiger charge is 2.21. The molecule has 0 bridgehead atoms. The van der Waals surface area contributed by atoms with Crippen LogP contribution in [0.1, 0.15) is 37.5 Å². The zero-order chi connectivity index (χ0) is 23.4. The van der Waals surface area contributed by atoms with Crippen molar-refractivity contribution < 1.29 is 0 Å². The van der Waals surface area contributed by atoms with Crippen LogP contribution < -0.4 is 4.90 Å². The molecule has 4 aromatic rings. The highest BCUT2D eigenvalue weighted by Crippen LogP contribution is 2.25. The summed E-state index contributed by atoms with van der Waals surface area (Å²) >= 11 is 0. The quantitative estimate of drug-likeness (QED) is 0.255. The second kappa shape index (κ2) is 9.25. The molecular weight excluding hydrogens is 402 g/mol. The molecule has 0 heterocycles. The van der Waals surface area contributed by atoms with Crippen molar-refractivity contribution in [3.63, 3.8) is 0 Å². The normalized spacial score (nSPS) is 11.1. The van der Waals surface area contributed by atoms with Crippen LogP contribution in [0.15, 0.2) is 109 Å². The van der Waals surface area contributed by atoms with Gasteiger partial charge in [-0.15, -0.1) is 0 Å². The SMILES string of the molecule is CC(C)(C)c1ccc(C(=N)N(C(=N)c2ccc(-c3ccccc3)cc2)c2ccccc2)cc1.